The third-order valence-electron chi connectivity index (χ3n) is 6.27. The number of benzene rings is 1. The van der Waals surface area contributed by atoms with Crippen LogP contribution in [0.4, 0.5) is 0 Å². The summed E-state index contributed by atoms with van der Waals surface area (Å²) in [6, 6.07) is 11.3. The number of likely N-dealkylation sites (tertiary alicyclic amines) is 1. The van der Waals surface area contributed by atoms with Gasteiger partial charge in [-0.2, -0.15) is 0 Å². The highest BCUT2D eigenvalue weighted by molar-refractivity contribution is 5.22. The molecule has 0 aliphatic carbocycles. The fourth-order valence-corrected chi connectivity index (χ4v) is 4.49. The minimum Gasteiger partial charge on any atom is -0.302 e. The molecule has 4 nitrogen and oxygen atoms in total. The van der Waals surface area contributed by atoms with E-state index in [9.17, 15) is 0 Å². The summed E-state index contributed by atoms with van der Waals surface area (Å²) in [5.41, 5.74) is 4.04. The maximum Gasteiger partial charge on any atom is 0.145 e. The predicted molar refractivity (Wildman–Crippen MR) is 110 cm³/mol. The lowest BCUT2D eigenvalue weighted by Crippen LogP contribution is -2.36. The van der Waals surface area contributed by atoms with Crippen molar-refractivity contribution in [2.24, 2.45) is 0 Å². The Labute approximate surface area is 163 Å². The van der Waals surface area contributed by atoms with E-state index in [-0.39, 0.29) is 0 Å². The van der Waals surface area contributed by atoms with Gasteiger partial charge in [-0.25, -0.2) is 9.97 Å². The third kappa shape index (κ3) is 4.39. The van der Waals surface area contributed by atoms with E-state index in [0.29, 0.717) is 12.0 Å². The SMILES string of the molecule is C[C@@H](CCN1CCCC[C@@H]1c1ncc2c(n1)CCN(C)C2)c1ccccc1. The lowest BCUT2D eigenvalue weighted by molar-refractivity contribution is 0.137. The second kappa shape index (κ2) is 8.49. The Balaban J connectivity index is 1.45. The molecule has 3 heterocycles. The first-order valence-corrected chi connectivity index (χ1v) is 10.5. The van der Waals surface area contributed by atoms with Crippen LogP contribution in [0, 0.1) is 0 Å². The standard InChI is InChI=1S/C23H32N4/c1-18(19-8-4-3-5-9-19)11-15-27-13-7-6-10-22(27)23-24-16-20-17-26(2)14-12-21(20)25-23/h3-5,8-9,16,18,22H,6-7,10-15,17H2,1-2H3/t18-,22+/m0/s1. The number of hydrogen-bond acceptors (Lipinski definition) is 4. The molecule has 2 aliphatic heterocycles. The van der Waals surface area contributed by atoms with E-state index in [1.165, 1.54) is 49.0 Å². The normalized spacial score (nSPS) is 22.4. The summed E-state index contributed by atoms with van der Waals surface area (Å²) < 4.78 is 0. The predicted octanol–water partition coefficient (Wildman–Crippen LogP) is 4.19. The number of nitrogens with zero attached hydrogens (tertiary/aromatic N) is 4. The first-order chi connectivity index (χ1) is 13.2. The monoisotopic (exact) mass is 364 g/mol. The second-order valence-electron chi connectivity index (χ2n) is 8.34. The number of hydrogen-bond donors (Lipinski definition) is 0. The smallest absolute Gasteiger partial charge is 0.145 e. The van der Waals surface area contributed by atoms with Crippen LogP contribution in [0.25, 0.3) is 0 Å². The van der Waals surface area contributed by atoms with Crippen LogP contribution in [0.5, 0.6) is 0 Å². The molecule has 0 spiro atoms. The average molecular weight is 365 g/mol. The molecule has 0 N–H and O–H groups in total. The maximum absolute atomic E-state index is 5.03. The summed E-state index contributed by atoms with van der Waals surface area (Å²) in [5.74, 6) is 1.65. The molecule has 0 unspecified atom stereocenters. The Morgan fingerprint density at radius 1 is 1.15 bits per heavy atom. The number of fused-ring (bicyclic) bond motifs is 1. The van der Waals surface area contributed by atoms with Crippen LogP contribution in [0.2, 0.25) is 0 Å². The summed E-state index contributed by atoms with van der Waals surface area (Å²) in [6.07, 6.45) is 8.12. The second-order valence-corrected chi connectivity index (χ2v) is 8.34. The molecule has 0 bridgehead atoms. The molecular weight excluding hydrogens is 332 g/mol. The molecule has 4 rings (SSSR count). The molecule has 0 saturated carbocycles. The zero-order valence-corrected chi connectivity index (χ0v) is 16.8. The highest BCUT2D eigenvalue weighted by atomic mass is 15.2. The fourth-order valence-electron chi connectivity index (χ4n) is 4.49. The Morgan fingerprint density at radius 2 is 2.00 bits per heavy atom. The van der Waals surface area contributed by atoms with Gasteiger partial charge in [0, 0.05) is 37.0 Å². The van der Waals surface area contributed by atoms with Gasteiger partial charge in [-0.1, -0.05) is 43.7 Å². The van der Waals surface area contributed by atoms with E-state index in [1.54, 1.807) is 0 Å². The Morgan fingerprint density at radius 3 is 2.85 bits per heavy atom. The van der Waals surface area contributed by atoms with Crippen LogP contribution in [-0.2, 0) is 13.0 Å². The van der Waals surface area contributed by atoms with Gasteiger partial charge in [-0.15, -0.1) is 0 Å². The van der Waals surface area contributed by atoms with E-state index < -0.39 is 0 Å². The quantitative estimate of drug-likeness (QED) is 0.796. The van der Waals surface area contributed by atoms with Crippen LogP contribution in [0.1, 0.15) is 67.2 Å². The molecule has 1 fully saturated rings. The van der Waals surface area contributed by atoms with Gasteiger partial charge >= 0.3 is 0 Å². The average Bonchev–Trinajstić information content (AvgIpc) is 2.72. The molecule has 4 heteroatoms. The molecule has 1 saturated heterocycles. The molecule has 0 amide bonds. The van der Waals surface area contributed by atoms with Crippen LogP contribution >= 0.6 is 0 Å². The van der Waals surface area contributed by atoms with Gasteiger partial charge in [0.25, 0.3) is 0 Å². The number of rotatable bonds is 5. The van der Waals surface area contributed by atoms with E-state index in [0.717, 1.165) is 31.9 Å². The van der Waals surface area contributed by atoms with E-state index in [1.807, 2.05) is 0 Å². The van der Waals surface area contributed by atoms with Gasteiger partial charge in [0.05, 0.1) is 6.04 Å². The van der Waals surface area contributed by atoms with Crippen molar-refractivity contribution < 1.29 is 0 Å². The molecule has 1 aromatic heterocycles. The highest BCUT2D eigenvalue weighted by Gasteiger charge is 2.27. The minimum atomic E-state index is 0.395. The largest absolute Gasteiger partial charge is 0.302 e. The number of likely N-dealkylation sites (N-methyl/N-ethyl adjacent to an activating group) is 1. The zero-order valence-electron chi connectivity index (χ0n) is 16.8. The molecule has 144 valence electrons. The molecular formula is C23H32N4. The third-order valence-corrected chi connectivity index (χ3v) is 6.27. The molecule has 1 aromatic carbocycles. The van der Waals surface area contributed by atoms with E-state index >= 15 is 0 Å². The first kappa shape index (κ1) is 18.6. The van der Waals surface area contributed by atoms with Gasteiger partial charge < -0.3 is 4.90 Å². The van der Waals surface area contributed by atoms with E-state index in [4.69, 9.17) is 9.97 Å². The van der Waals surface area contributed by atoms with Gasteiger partial charge in [0.15, 0.2) is 0 Å². The highest BCUT2D eigenvalue weighted by Crippen LogP contribution is 2.31. The summed E-state index contributed by atoms with van der Waals surface area (Å²) in [5, 5.41) is 0. The van der Waals surface area contributed by atoms with Gasteiger partial charge in [-0.05, 0) is 50.9 Å². The zero-order chi connectivity index (χ0) is 18.6. The first-order valence-electron chi connectivity index (χ1n) is 10.5. The summed E-state index contributed by atoms with van der Waals surface area (Å²) in [7, 11) is 2.17. The van der Waals surface area contributed by atoms with Crippen molar-refractivity contribution in [3.63, 3.8) is 0 Å². The summed E-state index contributed by atoms with van der Waals surface area (Å²) >= 11 is 0. The van der Waals surface area contributed by atoms with Crippen molar-refractivity contribution in [3.8, 4) is 0 Å². The lowest BCUT2D eigenvalue weighted by atomic mass is 9.95. The van der Waals surface area contributed by atoms with Crippen molar-refractivity contribution in [1.29, 1.82) is 0 Å². The van der Waals surface area contributed by atoms with Crippen molar-refractivity contribution in [2.75, 3.05) is 26.7 Å². The van der Waals surface area contributed by atoms with Crippen LogP contribution < -0.4 is 0 Å². The van der Waals surface area contributed by atoms with E-state index in [2.05, 4.69) is 60.3 Å². The number of aromatic nitrogens is 2. The van der Waals surface area contributed by atoms with Crippen LogP contribution in [-0.4, -0.2) is 46.4 Å². The minimum absolute atomic E-state index is 0.395. The van der Waals surface area contributed by atoms with Gasteiger partial charge in [0.1, 0.15) is 5.82 Å². The Kier molecular flexibility index (Phi) is 5.84. The molecule has 2 aromatic rings. The van der Waals surface area contributed by atoms with Crippen molar-refractivity contribution >= 4 is 0 Å². The topological polar surface area (TPSA) is 32.3 Å². The summed E-state index contributed by atoms with van der Waals surface area (Å²) in [4.78, 5) is 14.8. The van der Waals surface area contributed by atoms with Crippen molar-refractivity contribution in [2.45, 2.75) is 57.5 Å². The van der Waals surface area contributed by atoms with Gasteiger partial charge in [0.2, 0.25) is 0 Å². The number of piperidine rings is 1. The summed E-state index contributed by atoms with van der Waals surface area (Å²) in [6.45, 7) is 6.74. The van der Waals surface area contributed by atoms with Crippen LogP contribution in [0.15, 0.2) is 36.5 Å². The Bertz CT molecular complexity index is 745. The maximum atomic E-state index is 5.03. The van der Waals surface area contributed by atoms with Crippen molar-refractivity contribution in [3.05, 3.63) is 59.2 Å². The molecule has 0 radical (unpaired) electrons. The molecule has 2 atom stereocenters. The Hall–Kier alpha value is -1.78. The lowest BCUT2D eigenvalue weighted by Gasteiger charge is -2.36. The molecule has 2 aliphatic rings. The fraction of sp³-hybridized carbons (Fsp3) is 0.565. The van der Waals surface area contributed by atoms with Crippen LogP contribution in [0.3, 0.4) is 0 Å². The van der Waals surface area contributed by atoms with Crippen molar-refractivity contribution in [1.82, 2.24) is 19.8 Å². The molecule has 27 heavy (non-hydrogen) atoms. The van der Waals surface area contributed by atoms with Gasteiger partial charge in [-0.3, -0.25) is 4.90 Å².